The van der Waals surface area contributed by atoms with Gasteiger partial charge in [0.15, 0.2) is 9.84 Å². The summed E-state index contributed by atoms with van der Waals surface area (Å²) in [4.78, 5) is 17.1. The average molecular weight is 443 g/mol. The van der Waals surface area contributed by atoms with E-state index in [1.54, 1.807) is 31.4 Å². The highest BCUT2D eigenvalue weighted by atomic mass is 32.2. The van der Waals surface area contributed by atoms with Gasteiger partial charge in [-0.05, 0) is 48.9 Å². The van der Waals surface area contributed by atoms with Gasteiger partial charge in [-0.2, -0.15) is 8.42 Å². The summed E-state index contributed by atoms with van der Waals surface area (Å²) in [6.45, 7) is 1.27. The van der Waals surface area contributed by atoms with Gasteiger partial charge in [-0.15, -0.1) is 0 Å². The summed E-state index contributed by atoms with van der Waals surface area (Å²) in [6.07, 6.45) is 0.871. The summed E-state index contributed by atoms with van der Waals surface area (Å²) in [5.41, 5.74) is 2.88. The Kier molecular flexibility index (Phi) is 7.22. The summed E-state index contributed by atoms with van der Waals surface area (Å²) in [6, 6.07) is 11.7. The van der Waals surface area contributed by atoms with E-state index in [1.165, 1.54) is 19.1 Å². The van der Waals surface area contributed by atoms with Crippen LogP contribution in [0.3, 0.4) is 0 Å². The molecule has 0 bridgehead atoms. The lowest BCUT2D eigenvalue weighted by molar-refractivity contribution is -0.133. The van der Waals surface area contributed by atoms with Crippen LogP contribution in [0.25, 0.3) is 0 Å². The lowest BCUT2D eigenvalue weighted by atomic mass is 10.2. The standard InChI is InChI=1S/C18H21NO8S2/c1-13(18(20)19-26-12-14-4-6-15(25-2)7-5-14)29(23,24)17-10-8-16(9-11-17)27-28(3,21)22/h4-11,13H,12H2,1-3H3,(H,19,20). The van der Waals surface area contributed by atoms with Crippen LogP contribution in [0, 0.1) is 0 Å². The molecule has 0 aliphatic heterocycles. The van der Waals surface area contributed by atoms with Gasteiger partial charge in [-0.3, -0.25) is 9.63 Å². The van der Waals surface area contributed by atoms with Crippen molar-refractivity contribution in [2.75, 3.05) is 13.4 Å². The van der Waals surface area contributed by atoms with Crippen LogP contribution in [-0.4, -0.2) is 41.4 Å². The third-order valence-electron chi connectivity index (χ3n) is 3.81. The molecular formula is C18H21NO8S2. The molecule has 158 valence electrons. The van der Waals surface area contributed by atoms with Crippen molar-refractivity contribution in [2.24, 2.45) is 0 Å². The van der Waals surface area contributed by atoms with Crippen LogP contribution < -0.4 is 14.4 Å². The molecule has 29 heavy (non-hydrogen) atoms. The highest BCUT2D eigenvalue weighted by molar-refractivity contribution is 7.92. The SMILES string of the molecule is COc1ccc(CONC(=O)C(C)S(=O)(=O)c2ccc(OS(C)(=O)=O)cc2)cc1. The highest BCUT2D eigenvalue weighted by Gasteiger charge is 2.30. The van der Waals surface area contributed by atoms with E-state index in [2.05, 4.69) is 9.66 Å². The maximum atomic E-state index is 12.6. The van der Waals surface area contributed by atoms with Gasteiger partial charge in [-0.25, -0.2) is 13.9 Å². The van der Waals surface area contributed by atoms with Gasteiger partial charge in [0, 0.05) is 0 Å². The highest BCUT2D eigenvalue weighted by Crippen LogP contribution is 2.21. The van der Waals surface area contributed by atoms with Crippen molar-refractivity contribution < 1.29 is 35.4 Å². The molecule has 9 nitrogen and oxygen atoms in total. The smallest absolute Gasteiger partial charge is 0.306 e. The number of methoxy groups -OCH3 is 1. The second kappa shape index (κ2) is 9.25. The van der Waals surface area contributed by atoms with Crippen molar-refractivity contribution in [3.63, 3.8) is 0 Å². The van der Waals surface area contributed by atoms with Gasteiger partial charge in [-0.1, -0.05) is 12.1 Å². The largest absolute Gasteiger partial charge is 0.497 e. The van der Waals surface area contributed by atoms with Crippen LogP contribution in [0.5, 0.6) is 11.5 Å². The predicted octanol–water partition coefficient (Wildman–Crippen LogP) is 1.44. The molecular weight excluding hydrogens is 422 g/mol. The number of benzene rings is 2. The number of carbonyl (C=O) groups excluding carboxylic acids is 1. The predicted molar refractivity (Wildman–Crippen MR) is 104 cm³/mol. The van der Waals surface area contributed by atoms with Crippen LogP contribution in [0.4, 0.5) is 0 Å². The van der Waals surface area contributed by atoms with Crippen LogP contribution in [0.2, 0.25) is 0 Å². The molecule has 1 amide bonds. The molecule has 2 aromatic rings. The van der Waals surface area contributed by atoms with Crippen molar-refractivity contribution in [3.8, 4) is 11.5 Å². The normalized spacial score (nSPS) is 12.8. The van der Waals surface area contributed by atoms with E-state index in [-0.39, 0.29) is 17.3 Å². The summed E-state index contributed by atoms with van der Waals surface area (Å²) < 4.78 is 57.1. The molecule has 0 heterocycles. The van der Waals surface area contributed by atoms with E-state index in [1.807, 2.05) is 0 Å². The Morgan fingerprint density at radius 2 is 1.52 bits per heavy atom. The summed E-state index contributed by atoms with van der Waals surface area (Å²) in [5.74, 6) is -0.202. The molecule has 0 radical (unpaired) electrons. The van der Waals surface area contributed by atoms with E-state index in [0.717, 1.165) is 24.0 Å². The topological polar surface area (TPSA) is 125 Å². The second-order valence-corrected chi connectivity index (χ2v) is 9.89. The molecule has 1 unspecified atom stereocenters. The summed E-state index contributed by atoms with van der Waals surface area (Å²) >= 11 is 0. The van der Waals surface area contributed by atoms with Crippen LogP contribution in [-0.2, 0) is 36.2 Å². The Morgan fingerprint density at radius 3 is 2.03 bits per heavy atom. The molecule has 0 aliphatic carbocycles. The zero-order valence-corrected chi connectivity index (χ0v) is 17.6. The third kappa shape index (κ3) is 6.44. The second-order valence-electron chi connectivity index (χ2n) is 6.05. The van der Waals surface area contributed by atoms with Gasteiger partial charge >= 0.3 is 10.1 Å². The molecule has 2 rings (SSSR count). The lowest BCUT2D eigenvalue weighted by Gasteiger charge is -2.14. The Balaban J connectivity index is 1.97. The maximum absolute atomic E-state index is 12.6. The van der Waals surface area contributed by atoms with Gasteiger partial charge in [0.1, 0.15) is 16.7 Å². The third-order valence-corrected chi connectivity index (χ3v) is 6.37. The minimum atomic E-state index is -4.02. The van der Waals surface area contributed by atoms with Crippen molar-refractivity contribution in [2.45, 2.75) is 23.7 Å². The minimum absolute atomic E-state index is 0.0358. The summed E-state index contributed by atoms with van der Waals surface area (Å²) in [5, 5.41) is -1.43. The molecule has 0 saturated heterocycles. The van der Waals surface area contributed by atoms with Gasteiger partial charge in [0.05, 0.1) is 24.9 Å². The molecule has 2 aromatic carbocycles. The number of ether oxygens (including phenoxy) is 1. The van der Waals surface area contributed by atoms with E-state index in [9.17, 15) is 21.6 Å². The minimum Gasteiger partial charge on any atom is -0.497 e. The Bertz CT molecular complexity index is 1050. The number of amides is 1. The van der Waals surface area contributed by atoms with Gasteiger partial charge < -0.3 is 8.92 Å². The molecule has 0 aromatic heterocycles. The molecule has 1 atom stereocenters. The fourth-order valence-electron chi connectivity index (χ4n) is 2.20. The molecule has 0 fully saturated rings. The quantitative estimate of drug-likeness (QED) is 0.456. The average Bonchev–Trinajstić information content (AvgIpc) is 2.67. The maximum Gasteiger partial charge on any atom is 0.306 e. The number of hydrogen-bond donors (Lipinski definition) is 1. The molecule has 11 heteroatoms. The number of hydroxylamine groups is 1. The summed E-state index contributed by atoms with van der Waals surface area (Å²) in [7, 11) is -6.20. The monoisotopic (exact) mass is 443 g/mol. The van der Waals surface area contributed by atoms with Crippen LogP contribution in [0.1, 0.15) is 12.5 Å². The zero-order chi connectivity index (χ0) is 21.7. The first kappa shape index (κ1) is 22.7. The van der Waals surface area contributed by atoms with E-state index < -0.39 is 31.1 Å². The van der Waals surface area contributed by atoms with Crippen LogP contribution in [0.15, 0.2) is 53.4 Å². The van der Waals surface area contributed by atoms with Crippen molar-refractivity contribution >= 4 is 25.9 Å². The van der Waals surface area contributed by atoms with Crippen molar-refractivity contribution in [1.82, 2.24) is 5.48 Å². The lowest BCUT2D eigenvalue weighted by Crippen LogP contribution is -2.37. The fraction of sp³-hybridized carbons (Fsp3) is 0.278. The first-order valence-corrected chi connectivity index (χ1v) is 11.7. The molecule has 0 spiro atoms. The first-order valence-electron chi connectivity index (χ1n) is 8.31. The van der Waals surface area contributed by atoms with E-state index in [0.29, 0.717) is 5.75 Å². The number of sulfone groups is 1. The molecule has 0 saturated carbocycles. The Hall–Kier alpha value is -2.63. The zero-order valence-electron chi connectivity index (χ0n) is 16.0. The number of rotatable bonds is 9. The van der Waals surface area contributed by atoms with Crippen molar-refractivity contribution in [3.05, 3.63) is 54.1 Å². The fourth-order valence-corrected chi connectivity index (χ4v) is 3.91. The number of carbonyl (C=O) groups is 1. The van der Waals surface area contributed by atoms with E-state index in [4.69, 9.17) is 9.57 Å². The van der Waals surface area contributed by atoms with E-state index >= 15 is 0 Å². The molecule has 0 aliphatic rings. The number of nitrogens with one attached hydrogen (secondary N) is 1. The Morgan fingerprint density at radius 1 is 0.966 bits per heavy atom. The molecule has 1 N–H and O–H groups in total. The van der Waals surface area contributed by atoms with Crippen LogP contribution >= 0.6 is 0 Å². The van der Waals surface area contributed by atoms with Gasteiger partial charge in [0.2, 0.25) is 0 Å². The first-order chi connectivity index (χ1) is 13.5. The van der Waals surface area contributed by atoms with Gasteiger partial charge in [0.25, 0.3) is 5.91 Å². The number of hydrogen-bond acceptors (Lipinski definition) is 8. The Labute approximate surface area is 169 Å². The van der Waals surface area contributed by atoms with Crippen molar-refractivity contribution in [1.29, 1.82) is 0 Å².